The van der Waals surface area contributed by atoms with E-state index in [9.17, 15) is 9.59 Å². The molecule has 1 aliphatic heterocycles. The minimum Gasteiger partial charge on any atom is -0.465 e. The summed E-state index contributed by atoms with van der Waals surface area (Å²) in [5.41, 5.74) is 2.33. The van der Waals surface area contributed by atoms with E-state index in [1.165, 1.54) is 0 Å². The van der Waals surface area contributed by atoms with Crippen molar-refractivity contribution in [3.05, 3.63) is 27.7 Å². The largest absolute Gasteiger partial charge is 0.465 e. The molecule has 0 radical (unpaired) electrons. The molecule has 5 heteroatoms. The van der Waals surface area contributed by atoms with Gasteiger partial charge in [0, 0.05) is 15.7 Å². The van der Waals surface area contributed by atoms with Crippen LogP contribution in [0.15, 0.2) is 16.6 Å². The predicted molar refractivity (Wildman–Crippen MR) is 66.9 cm³/mol. The monoisotopic (exact) mass is 297 g/mol. The third-order valence-electron chi connectivity index (χ3n) is 2.70. The van der Waals surface area contributed by atoms with Crippen molar-refractivity contribution >= 4 is 33.5 Å². The zero-order valence-electron chi connectivity index (χ0n) is 9.54. The van der Waals surface area contributed by atoms with Crippen LogP contribution in [0.5, 0.6) is 0 Å². The van der Waals surface area contributed by atoms with E-state index in [1.54, 1.807) is 13.0 Å². The highest BCUT2D eigenvalue weighted by molar-refractivity contribution is 9.10. The molecule has 1 aromatic rings. The van der Waals surface area contributed by atoms with Gasteiger partial charge in [-0.15, -0.1) is 0 Å². The molecular formula is C12H12BrNO3. The average molecular weight is 298 g/mol. The van der Waals surface area contributed by atoms with Crippen LogP contribution in [-0.4, -0.2) is 18.5 Å². The molecule has 0 saturated heterocycles. The van der Waals surface area contributed by atoms with Crippen LogP contribution in [0.1, 0.15) is 24.0 Å². The zero-order valence-corrected chi connectivity index (χ0v) is 11.1. The van der Waals surface area contributed by atoms with Crippen LogP contribution in [0, 0.1) is 6.92 Å². The van der Waals surface area contributed by atoms with Gasteiger partial charge in [0.15, 0.2) is 5.92 Å². The number of nitrogens with one attached hydrogen (secondary N) is 1. The topological polar surface area (TPSA) is 55.4 Å². The van der Waals surface area contributed by atoms with E-state index in [2.05, 4.69) is 21.2 Å². The van der Waals surface area contributed by atoms with E-state index in [-0.39, 0.29) is 12.5 Å². The Morgan fingerprint density at radius 3 is 2.88 bits per heavy atom. The molecular weight excluding hydrogens is 286 g/mol. The number of hydrogen-bond donors (Lipinski definition) is 1. The molecule has 1 aliphatic rings. The van der Waals surface area contributed by atoms with E-state index >= 15 is 0 Å². The van der Waals surface area contributed by atoms with Gasteiger partial charge in [0.05, 0.1) is 6.61 Å². The van der Waals surface area contributed by atoms with Crippen molar-refractivity contribution in [3.63, 3.8) is 0 Å². The van der Waals surface area contributed by atoms with Gasteiger partial charge in [-0.05, 0) is 25.5 Å². The molecule has 90 valence electrons. The highest BCUT2D eigenvalue weighted by Crippen LogP contribution is 2.40. The average Bonchev–Trinajstić information content (AvgIpc) is 2.61. The number of carbonyl (C=O) groups is 2. The fourth-order valence-electron chi connectivity index (χ4n) is 1.88. The Kier molecular flexibility index (Phi) is 3.19. The number of esters is 1. The summed E-state index contributed by atoms with van der Waals surface area (Å²) in [5.74, 6) is -1.70. The molecule has 0 aliphatic carbocycles. The van der Waals surface area contributed by atoms with Crippen LogP contribution in [0.4, 0.5) is 5.69 Å². The van der Waals surface area contributed by atoms with E-state index in [0.717, 1.165) is 10.0 Å². The summed E-state index contributed by atoms with van der Waals surface area (Å²) < 4.78 is 5.71. The lowest BCUT2D eigenvalue weighted by Gasteiger charge is -2.10. The molecule has 1 unspecified atom stereocenters. The molecule has 0 bridgehead atoms. The van der Waals surface area contributed by atoms with E-state index < -0.39 is 11.9 Å². The number of fused-ring (bicyclic) bond motifs is 1. The van der Waals surface area contributed by atoms with Crippen molar-refractivity contribution in [3.8, 4) is 0 Å². The van der Waals surface area contributed by atoms with Gasteiger partial charge in [-0.2, -0.15) is 0 Å². The summed E-state index contributed by atoms with van der Waals surface area (Å²) >= 11 is 3.42. The summed E-state index contributed by atoms with van der Waals surface area (Å²) in [6.07, 6.45) is 0. The smallest absolute Gasteiger partial charge is 0.323 e. The Labute approximate surface area is 107 Å². The number of rotatable bonds is 2. The van der Waals surface area contributed by atoms with Crippen molar-refractivity contribution in [1.29, 1.82) is 0 Å². The highest BCUT2D eigenvalue weighted by atomic mass is 79.9. The molecule has 0 saturated carbocycles. The first kappa shape index (κ1) is 12.1. The van der Waals surface area contributed by atoms with Crippen LogP contribution in [0.25, 0.3) is 0 Å². The number of aryl methyl sites for hydroxylation is 1. The van der Waals surface area contributed by atoms with Gasteiger partial charge < -0.3 is 10.1 Å². The number of ether oxygens (including phenoxy) is 1. The Hall–Kier alpha value is -1.36. The van der Waals surface area contributed by atoms with Crippen molar-refractivity contribution in [1.82, 2.24) is 0 Å². The minimum atomic E-state index is -0.862. The molecule has 4 nitrogen and oxygen atoms in total. The number of halogens is 1. The molecule has 1 amide bonds. The summed E-state index contributed by atoms with van der Waals surface area (Å²) in [5, 5.41) is 2.69. The van der Waals surface area contributed by atoms with E-state index in [4.69, 9.17) is 4.74 Å². The van der Waals surface area contributed by atoms with Gasteiger partial charge in [0.1, 0.15) is 0 Å². The van der Waals surface area contributed by atoms with Crippen LogP contribution in [0.3, 0.4) is 0 Å². The number of amides is 1. The maximum atomic E-state index is 11.8. The van der Waals surface area contributed by atoms with Gasteiger partial charge in [-0.25, -0.2) is 0 Å². The van der Waals surface area contributed by atoms with Gasteiger partial charge in [-0.3, -0.25) is 9.59 Å². The van der Waals surface area contributed by atoms with Crippen LogP contribution < -0.4 is 5.32 Å². The summed E-state index contributed by atoms with van der Waals surface area (Å²) in [4.78, 5) is 23.6. The van der Waals surface area contributed by atoms with Crippen LogP contribution >= 0.6 is 15.9 Å². The predicted octanol–water partition coefficient (Wildman–Crippen LogP) is 2.36. The summed E-state index contributed by atoms with van der Waals surface area (Å²) in [6, 6.07) is 3.68. The molecule has 1 heterocycles. The zero-order chi connectivity index (χ0) is 12.6. The third kappa shape index (κ3) is 1.95. The molecule has 0 aromatic heterocycles. The SMILES string of the molecule is CCOC(=O)C1C(=O)Nc2ccc(C)c(Br)c21. The maximum Gasteiger partial charge on any atom is 0.323 e. The van der Waals surface area contributed by atoms with Gasteiger partial charge in [0.2, 0.25) is 5.91 Å². The minimum absolute atomic E-state index is 0.265. The highest BCUT2D eigenvalue weighted by Gasteiger charge is 2.39. The Morgan fingerprint density at radius 1 is 1.53 bits per heavy atom. The lowest BCUT2D eigenvalue weighted by atomic mass is 9.99. The second kappa shape index (κ2) is 4.49. The Morgan fingerprint density at radius 2 is 2.24 bits per heavy atom. The molecule has 0 fully saturated rings. The Balaban J connectivity index is 2.49. The lowest BCUT2D eigenvalue weighted by Crippen LogP contribution is -2.23. The number of carbonyl (C=O) groups excluding carboxylic acids is 2. The van der Waals surface area contributed by atoms with Crippen molar-refractivity contribution in [2.24, 2.45) is 0 Å². The lowest BCUT2D eigenvalue weighted by molar-refractivity contribution is -0.147. The number of anilines is 1. The third-order valence-corrected chi connectivity index (χ3v) is 3.76. The van der Waals surface area contributed by atoms with Crippen LogP contribution in [0.2, 0.25) is 0 Å². The molecule has 17 heavy (non-hydrogen) atoms. The number of hydrogen-bond acceptors (Lipinski definition) is 3. The first-order chi connectivity index (χ1) is 8.06. The normalized spacial score (nSPS) is 17.6. The first-order valence-corrected chi connectivity index (χ1v) is 6.12. The maximum absolute atomic E-state index is 11.8. The quantitative estimate of drug-likeness (QED) is 0.673. The number of benzene rings is 1. The summed E-state index contributed by atoms with van der Waals surface area (Å²) in [6.45, 7) is 3.90. The molecule has 2 rings (SSSR count). The van der Waals surface area contributed by atoms with Gasteiger partial charge in [0.25, 0.3) is 0 Å². The van der Waals surface area contributed by atoms with Crippen LogP contribution in [-0.2, 0) is 14.3 Å². The van der Waals surface area contributed by atoms with Gasteiger partial charge >= 0.3 is 5.97 Å². The van der Waals surface area contributed by atoms with Crippen molar-refractivity contribution < 1.29 is 14.3 Å². The fourth-order valence-corrected chi connectivity index (χ4v) is 2.45. The molecule has 0 spiro atoms. The van der Waals surface area contributed by atoms with Gasteiger partial charge in [-0.1, -0.05) is 22.0 Å². The molecule has 1 atom stereocenters. The van der Waals surface area contributed by atoms with E-state index in [0.29, 0.717) is 11.3 Å². The molecule has 1 N–H and O–H groups in total. The second-order valence-electron chi connectivity index (χ2n) is 3.83. The van der Waals surface area contributed by atoms with Crippen molar-refractivity contribution in [2.45, 2.75) is 19.8 Å². The molecule has 1 aromatic carbocycles. The Bertz CT molecular complexity index is 499. The summed E-state index contributed by atoms with van der Waals surface area (Å²) in [7, 11) is 0. The van der Waals surface area contributed by atoms with E-state index in [1.807, 2.05) is 13.0 Å². The standard InChI is InChI=1S/C12H12BrNO3/c1-3-17-12(16)9-8-7(14-11(9)15)5-4-6(2)10(8)13/h4-5,9H,3H2,1-2H3,(H,14,15). The second-order valence-corrected chi connectivity index (χ2v) is 4.62. The first-order valence-electron chi connectivity index (χ1n) is 5.32. The van der Waals surface area contributed by atoms with Crippen molar-refractivity contribution in [2.75, 3.05) is 11.9 Å². The fraction of sp³-hybridized carbons (Fsp3) is 0.333.